The normalized spacial score (nSPS) is 15.2. The van der Waals surface area contributed by atoms with E-state index in [-0.39, 0.29) is 5.41 Å². The molecule has 0 amide bonds. The number of aromatic nitrogens is 1. The van der Waals surface area contributed by atoms with Crippen molar-refractivity contribution in [2.24, 2.45) is 11.3 Å². The third-order valence-corrected chi connectivity index (χ3v) is 5.69. The molecule has 2 heteroatoms. The lowest BCUT2D eigenvalue weighted by Crippen LogP contribution is -2.29. The second-order valence-electron chi connectivity index (χ2n) is 7.70. The number of aromatic hydroxyl groups is 1. The fourth-order valence-electron chi connectivity index (χ4n) is 4.02. The van der Waals surface area contributed by atoms with E-state index in [1.807, 2.05) is 12.1 Å². The molecule has 2 nitrogen and oxygen atoms in total. The van der Waals surface area contributed by atoms with E-state index in [1.54, 1.807) is 6.07 Å². The topological polar surface area (TPSA) is 36.0 Å². The van der Waals surface area contributed by atoms with Crippen molar-refractivity contribution in [3.63, 3.8) is 0 Å². The zero-order valence-electron chi connectivity index (χ0n) is 15.5. The molecule has 0 bridgehead atoms. The van der Waals surface area contributed by atoms with E-state index in [4.69, 9.17) is 0 Å². The van der Waals surface area contributed by atoms with Gasteiger partial charge < -0.3 is 10.1 Å². The summed E-state index contributed by atoms with van der Waals surface area (Å²) in [6.07, 6.45) is 4.48. The fourth-order valence-corrected chi connectivity index (χ4v) is 4.02. The Balaban J connectivity index is 1.84. The molecule has 0 aliphatic heterocycles. The zero-order valence-corrected chi connectivity index (χ0v) is 15.5. The van der Waals surface area contributed by atoms with Crippen molar-refractivity contribution in [3.8, 4) is 5.75 Å². The molecule has 2 atom stereocenters. The molecule has 3 aromatic rings. The first-order chi connectivity index (χ1) is 12.0. The molecule has 0 aliphatic rings. The Morgan fingerprint density at radius 3 is 2.52 bits per heavy atom. The Morgan fingerprint density at radius 1 is 1.08 bits per heavy atom. The first-order valence-electron chi connectivity index (χ1n) is 9.35. The minimum absolute atomic E-state index is 0.223. The summed E-state index contributed by atoms with van der Waals surface area (Å²) in [5.74, 6) is 0.935. The van der Waals surface area contributed by atoms with Crippen LogP contribution < -0.4 is 0 Å². The van der Waals surface area contributed by atoms with Gasteiger partial charge in [0.1, 0.15) is 5.75 Å². The monoisotopic (exact) mass is 335 g/mol. The molecule has 1 heterocycles. The summed E-state index contributed by atoms with van der Waals surface area (Å²) in [7, 11) is 0. The number of hydrogen-bond acceptors (Lipinski definition) is 1. The average Bonchev–Trinajstić information content (AvgIpc) is 2.99. The molecule has 0 aliphatic carbocycles. The van der Waals surface area contributed by atoms with Crippen molar-refractivity contribution in [3.05, 3.63) is 65.9 Å². The van der Waals surface area contributed by atoms with Crippen LogP contribution >= 0.6 is 0 Å². The highest BCUT2D eigenvalue weighted by Gasteiger charge is 2.31. The van der Waals surface area contributed by atoms with E-state index in [1.165, 1.54) is 24.1 Å². The van der Waals surface area contributed by atoms with Crippen molar-refractivity contribution in [2.75, 3.05) is 0 Å². The summed E-state index contributed by atoms with van der Waals surface area (Å²) in [6.45, 7) is 7.06. The molecular weight excluding hydrogens is 306 g/mol. The fraction of sp³-hybridized carbons (Fsp3) is 0.391. The van der Waals surface area contributed by atoms with E-state index >= 15 is 0 Å². The van der Waals surface area contributed by atoms with Crippen LogP contribution in [-0.2, 0) is 12.8 Å². The number of phenols is 1. The van der Waals surface area contributed by atoms with E-state index in [0.29, 0.717) is 11.7 Å². The molecule has 1 aromatic heterocycles. The van der Waals surface area contributed by atoms with Crippen molar-refractivity contribution in [1.82, 2.24) is 4.98 Å². The molecule has 0 saturated heterocycles. The Labute approximate surface area is 150 Å². The quantitative estimate of drug-likeness (QED) is 0.537. The largest absolute Gasteiger partial charge is 0.507 e. The van der Waals surface area contributed by atoms with Gasteiger partial charge in [-0.3, -0.25) is 0 Å². The van der Waals surface area contributed by atoms with E-state index < -0.39 is 0 Å². The van der Waals surface area contributed by atoms with Gasteiger partial charge in [0.05, 0.1) is 0 Å². The maximum atomic E-state index is 10.1. The maximum absolute atomic E-state index is 10.1. The van der Waals surface area contributed by atoms with Crippen LogP contribution in [0.4, 0.5) is 0 Å². The van der Waals surface area contributed by atoms with Crippen LogP contribution in [0.15, 0.2) is 54.6 Å². The smallest absolute Gasteiger partial charge is 0.124 e. The number of H-pyrrole nitrogens is 1. The molecule has 0 fully saturated rings. The van der Waals surface area contributed by atoms with Crippen LogP contribution in [0.2, 0.25) is 0 Å². The highest BCUT2D eigenvalue weighted by atomic mass is 16.3. The number of nitrogens with one attached hydrogen (secondary N) is 1. The SMILES string of the molecule is CCCC(C)(Cc1cc2c(O)cccc2[nH]1)C(C)Cc1ccccc1. The van der Waals surface area contributed by atoms with Gasteiger partial charge >= 0.3 is 0 Å². The predicted molar refractivity (Wildman–Crippen MR) is 106 cm³/mol. The Kier molecular flexibility index (Phi) is 5.17. The standard InChI is InChI=1S/C23H29NO/c1-4-13-23(3,17(2)14-18-9-6-5-7-10-18)16-19-15-20-21(24-19)11-8-12-22(20)25/h5-12,15,17,24-25H,4,13-14,16H2,1-3H3. The number of hydrogen-bond donors (Lipinski definition) is 2. The highest BCUT2D eigenvalue weighted by Crippen LogP contribution is 2.39. The van der Waals surface area contributed by atoms with Crippen molar-refractivity contribution in [1.29, 1.82) is 0 Å². The van der Waals surface area contributed by atoms with Gasteiger partial charge in [0.25, 0.3) is 0 Å². The number of benzene rings is 2. The van der Waals surface area contributed by atoms with Gasteiger partial charge in [0.2, 0.25) is 0 Å². The molecule has 2 N–H and O–H groups in total. The maximum Gasteiger partial charge on any atom is 0.124 e. The molecule has 25 heavy (non-hydrogen) atoms. The van der Waals surface area contributed by atoms with Gasteiger partial charge in [-0.2, -0.15) is 0 Å². The van der Waals surface area contributed by atoms with Crippen molar-refractivity contribution in [2.45, 2.75) is 46.5 Å². The first-order valence-corrected chi connectivity index (χ1v) is 9.35. The lowest BCUT2D eigenvalue weighted by Gasteiger charge is -2.36. The number of rotatable bonds is 7. The summed E-state index contributed by atoms with van der Waals surface area (Å²) in [4.78, 5) is 3.51. The molecule has 0 saturated carbocycles. The zero-order chi connectivity index (χ0) is 17.9. The summed E-state index contributed by atoms with van der Waals surface area (Å²) < 4.78 is 0. The molecule has 2 unspecified atom stereocenters. The number of phenolic OH excluding ortho intramolecular Hbond substituents is 1. The lowest BCUT2D eigenvalue weighted by atomic mass is 9.69. The Hall–Kier alpha value is -2.22. The van der Waals surface area contributed by atoms with Gasteiger partial charge in [0, 0.05) is 16.6 Å². The van der Waals surface area contributed by atoms with E-state index in [0.717, 1.165) is 23.7 Å². The van der Waals surface area contributed by atoms with Crippen LogP contribution in [0.1, 0.15) is 44.9 Å². The minimum atomic E-state index is 0.223. The molecule has 3 rings (SSSR count). The van der Waals surface area contributed by atoms with E-state index in [2.05, 4.69) is 62.2 Å². The van der Waals surface area contributed by atoms with E-state index in [9.17, 15) is 5.11 Å². The molecule has 0 radical (unpaired) electrons. The lowest BCUT2D eigenvalue weighted by molar-refractivity contribution is 0.177. The van der Waals surface area contributed by atoms with Crippen molar-refractivity contribution >= 4 is 10.9 Å². The first kappa shape index (κ1) is 17.6. The van der Waals surface area contributed by atoms with Crippen LogP contribution in [0.3, 0.4) is 0 Å². The van der Waals surface area contributed by atoms with Gasteiger partial charge in [-0.1, -0.05) is 63.6 Å². The molecule has 132 valence electrons. The second kappa shape index (κ2) is 7.35. The minimum Gasteiger partial charge on any atom is -0.507 e. The summed E-state index contributed by atoms with van der Waals surface area (Å²) >= 11 is 0. The highest BCUT2D eigenvalue weighted by molar-refractivity contribution is 5.86. The van der Waals surface area contributed by atoms with Crippen LogP contribution in [0.25, 0.3) is 10.9 Å². The number of aromatic amines is 1. The van der Waals surface area contributed by atoms with Crippen LogP contribution in [-0.4, -0.2) is 10.1 Å². The van der Waals surface area contributed by atoms with Gasteiger partial charge in [-0.05, 0) is 54.4 Å². The van der Waals surface area contributed by atoms with Gasteiger partial charge in [-0.25, -0.2) is 0 Å². The average molecular weight is 335 g/mol. The molecule has 2 aromatic carbocycles. The Morgan fingerprint density at radius 2 is 1.84 bits per heavy atom. The number of fused-ring (bicyclic) bond motifs is 1. The van der Waals surface area contributed by atoms with Gasteiger partial charge in [-0.15, -0.1) is 0 Å². The summed E-state index contributed by atoms with van der Waals surface area (Å²) in [6, 6.07) is 18.6. The van der Waals surface area contributed by atoms with Crippen molar-refractivity contribution < 1.29 is 5.11 Å². The van der Waals surface area contributed by atoms with Gasteiger partial charge in [0.15, 0.2) is 0 Å². The second-order valence-corrected chi connectivity index (χ2v) is 7.70. The predicted octanol–water partition coefficient (Wildman–Crippen LogP) is 6.10. The molecular formula is C23H29NO. The summed E-state index contributed by atoms with van der Waals surface area (Å²) in [5.41, 5.74) is 3.87. The Bertz CT molecular complexity index is 820. The molecule has 0 spiro atoms. The summed E-state index contributed by atoms with van der Waals surface area (Å²) in [5, 5.41) is 11.0. The third-order valence-electron chi connectivity index (χ3n) is 5.69. The van der Waals surface area contributed by atoms with Crippen LogP contribution in [0, 0.1) is 11.3 Å². The third kappa shape index (κ3) is 3.89. The van der Waals surface area contributed by atoms with Crippen LogP contribution in [0.5, 0.6) is 5.75 Å².